The van der Waals surface area contributed by atoms with E-state index in [1.807, 2.05) is 30.3 Å². The summed E-state index contributed by atoms with van der Waals surface area (Å²) in [6.45, 7) is 0.303. The predicted molar refractivity (Wildman–Crippen MR) is 76.2 cm³/mol. The molecular formula is C16H16FNO3. The lowest BCUT2D eigenvalue weighted by Gasteiger charge is -2.13. The highest BCUT2D eigenvalue weighted by molar-refractivity contribution is 5.46. The highest BCUT2D eigenvalue weighted by atomic mass is 19.1. The fourth-order valence-corrected chi connectivity index (χ4v) is 1.88. The number of carbonyl (C=O) groups is 1. The number of amides is 1. The van der Waals surface area contributed by atoms with Crippen LogP contribution in [0.4, 0.5) is 4.39 Å². The number of aliphatic hydroxyl groups is 1. The molecule has 1 atom stereocenters. The molecule has 2 aromatic rings. The molecule has 2 aromatic carbocycles. The number of aliphatic hydroxyl groups excluding tert-OH is 1. The van der Waals surface area contributed by atoms with Crippen LogP contribution in [-0.2, 0) is 11.4 Å². The molecule has 2 rings (SSSR count). The summed E-state index contributed by atoms with van der Waals surface area (Å²) in [7, 11) is 0. The number of rotatable bonds is 7. The van der Waals surface area contributed by atoms with Gasteiger partial charge in [-0.3, -0.25) is 4.79 Å². The van der Waals surface area contributed by atoms with E-state index in [1.165, 1.54) is 18.2 Å². The Morgan fingerprint density at radius 1 is 1.24 bits per heavy atom. The third kappa shape index (κ3) is 4.29. The fourth-order valence-electron chi connectivity index (χ4n) is 1.88. The second-order valence-corrected chi connectivity index (χ2v) is 4.50. The van der Waals surface area contributed by atoms with E-state index >= 15 is 0 Å². The fraction of sp³-hybridized carbons (Fsp3) is 0.188. The lowest BCUT2D eigenvalue weighted by molar-refractivity contribution is -0.110. The van der Waals surface area contributed by atoms with Crippen LogP contribution in [-0.4, -0.2) is 18.1 Å². The minimum absolute atomic E-state index is 0.0530. The maximum atomic E-state index is 13.7. The molecule has 0 aliphatic carbocycles. The van der Waals surface area contributed by atoms with E-state index in [0.29, 0.717) is 18.8 Å². The molecule has 1 amide bonds. The van der Waals surface area contributed by atoms with Crippen molar-refractivity contribution < 1.29 is 19.0 Å². The van der Waals surface area contributed by atoms with Crippen LogP contribution in [0.1, 0.15) is 17.2 Å². The van der Waals surface area contributed by atoms with E-state index < -0.39 is 11.9 Å². The normalized spacial score (nSPS) is 11.7. The SMILES string of the molecule is O=CNCC(O)c1cc(OCc2ccccc2)ccc1F. The number of carbonyl (C=O) groups excluding carboxylic acids is 1. The van der Waals surface area contributed by atoms with Crippen molar-refractivity contribution in [1.29, 1.82) is 0 Å². The number of hydrogen-bond acceptors (Lipinski definition) is 3. The van der Waals surface area contributed by atoms with Crippen molar-refractivity contribution in [2.45, 2.75) is 12.7 Å². The van der Waals surface area contributed by atoms with Crippen LogP contribution in [0.15, 0.2) is 48.5 Å². The lowest BCUT2D eigenvalue weighted by atomic mass is 10.1. The maximum Gasteiger partial charge on any atom is 0.207 e. The van der Waals surface area contributed by atoms with E-state index in [1.54, 1.807) is 0 Å². The number of hydrogen-bond donors (Lipinski definition) is 2. The van der Waals surface area contributed by atoms with Crippen LogP contribution in [0.3, 0.4) is 0 Å². The van der Waals surface area contributed by atoms with Gasteiger partial charge < -0.3 is 15.2 Å². The summed E-state index contributed by atoms with van der Waals surface area (Å²) in [5.74, 6) is -0.0809. The van der Waals surface area contributed by atoms with Crippen LogP contribution >= 0.6 is 0 Å². The van der Waals surface area contributed by atoms with Gasteiger partial charge in [0.15, 0.2) is 0 Å². The molecule has 1 unspecified atom stereocenters. The topological polar surface area (TPSA) is 58.6 Å². The molecule has 0 heterocycles. The van der Waals surface area contributed by atoms with Crippen LogP contribution in [0.2, 0.25) is 0 Å². The second-order valence-electron chi connectivity index (χ2n) is 4.50. The van der Waals surface area contributed by atoms with Crippen LogP contribution in [0.25, 0.3) is 0 Å². The average molecular weight is 289 g/mol. The quantitative estimate of drug-likeness (QED) is 0.768. The Morgan fingerprint density at radius 3 is 2.71 bits per heavy atom. The Balaban J connectivity index is 2.05. The highest BCUT2D eigenvalue weighted by Crippen LogP contribution is 2.23. The molecule has 21 heavy (non-hydrogen) atoms. The number of benzene rings is 2. The molecule has 0 aromatic heterocycles. The first-order valence-electron chi connectivity index (χ1n) is 6.52. The molecule has 0 fully saturated rings. The zero-order chi connectivity index (χ0) is 15.1. The van der Waals surface area contributed by atoms with Gasteiger partial charge in [-0.05, 0) is 23.8 Å². The standard InChI is InChI=1S/C16H16FNO3/c17-15-7-6-13(8-14(15)16(20)9-18-11-19)21-10-12-4-2-1-3-5-12/h1-8,11,16,20H,9-10H2,(H,18,19). The van der Waals surface area contributed by atoms with E-state index in [2.05, 4.69) is 5.32 Å². The molecular weight excluding hydrogens is 273 g/mol. The maximum absolute atomic E-state index is 13.7. The van der Waals surface area contributed by atoms with Gasteiger partial charge in [-0.15, -0.1) is 0 Å². The van der Waals surface area contributed by atoms with Crippen molar-refractivity contribution in [3.8, 4) is 5.75 Å². The summed E-state index contributed by atoms with van der Waals surface area (Å²) in [5.41, 5.74) is 1.08. The molecule has 5 heteroatoms. The first-order valence-corrected chi connectivity index (χ1v) is 6.52. The average Bonchev–Trinajstić information content (AvgIpc) is 2.52. The lowest BCUT2D eigenvalue weighted by Crippen LogP contribution is -2.20. The molecule has 4 nitrogen and oxygen atoms in total. The van der Waals surface area contributed by atoms with Crippen molar-refractivity contribution in [3.63, 3.8) is 0 Å². The van der Waals surface area contributed by atoms with E-state index in [9.17, 15) is 14.3 Å². The van der Waals surface area contributed by atoms with Gasteiger partial charge in [0.2, 0.25) is 6.41 Å². The summed E-state index contributed by atoms with van der Waals surface area (Å²) in [6.07, 6.45) is -0.660. The summed E-state index contributed by atoms with van der Waals surface area (Å²) < 4.78 is 19.3. The molecule has 0 saturated carbocycles. The molecule has 0 aliphatic heterocycles. The molecule has 0 spiro atoms. The molecule has 0 bridgehead atoms. The van der Waals surface area contributed by atoms with Gasteiger partial charge in [-0.1, -0.05) is 30.3 Å². The Kier molecular flexibility index (Phi) is 5.29. The minimum Gasteiger partial charge on any atom is -0.489 e. The monoisotopic (exact) mass is 289 g/mol. The van der Waals surface area contributed by atoms with Crippen molar-refractivity contribution in [2.75, 3.05) is 6.54 Å². The number of halogens is 1. The minimum atomic E-state index is -1.12. The second kappa shape index (κ2) is 7.40. The largest absolute Gasteiger partial charge is 0.489 e. The van der Waals surface area contributed by atoms with Gasteiger partial charge in [-0.2, -0.15) is 0 Å². The van der Waals surface area contributed by atoms with Crippen LogP contribution < -0.4 is 10.1 Å². The first-order chi connectivity index (χ1) is 10.2. The van der Waals surface area contributed by atoms with Crippen molar-refractivity contribution in [2.24, 2.45) is 0 Å². The summed E-state index contributed by atoms with van der Waals surface area (Å²) in [4.78, 5) is 10.2. The first kappa shape index (κ1) is 15.0. The number of nitrogens with one attached hydrogen (secondary N) is 1. The zero-order valence-corrected chi connectivity index (χ0v) is 11.3. The molecule has 2 N–H and O–H groups in total. The Hall–Kier alpha value is -2.40. The molecule has 110 valence electrons. The van der Waals surface area contributed by atoms with E-state index in [0.717, 1.165) is 5.56 Å². The Labute approximate surface area is 122 Å². The van der Waals surface area contributed by atoms with Crippen molar-refractivity contribution in [3.05, 3.63) is 65.5 Å². The van der Waals surface area contributed by atoms with Crippen molar-refractivity contribution >= 4 is 6.41 Å². The van der Waals surface area contributed by atoms with Gasteiger partial charge in [0.1, 0.15) is 18.2 Å². The van der Waals surface area contributed by atoms with Crippen molar-refractivity contribution in [1.82, 2.24) is 5.32 Å². The van der Waals surface area contributed by atoms with Gasteiger partial charge in [-0.25, -0.2) is 4.39 Å². The third-order valence-corrected chi connectivity index (χ3v) is 2.97. The summed E-state index contributed by atoms with van der Waals surface area (Å²) in [5, 5.41) is 12.1. The summed E-state index contributed by atoms with van der Waals surface area (Å²) >= 11 is 0. The zero-order valence-electron chi connectivity index (χ0n) is 11.3. The number of ether oxygens (including phenoxy) is 1. The molecule has 0 aliphatic rings. The Bertz CT molecular complexity index is 589. The Morgan fingerprint density at radius 2 is 2.00 bits per heavy atom. The third-order valence-electron chi connectivity index (χ3n) is 2.97. The van der Waals surface area contributed by atoms with Gasteiger partial charge in [0.25, 0.3) is 0 Å². The van der Waals surface area contributed by atoms with Gasteiger partial charge >= 0.3 is 0 Å². The van der Waals surface area contributed by atoms with E-state index in [-0.39, 0.29) is 12.1 Å². The smallest absolute Gasteiger partial charge is 0.207 e. The van der Waals surface area contributed by atoms with Crippen LogP contribution in [0, 0.1) is 5.82 Å². The van der Waals surface area contributed by atoms with Gasteiger partial charge in [0.05, 0.1) is 6.10 Å². The molecule has 0 radical (unpaired) electrons. The van der Waals surface area contributed by atoms with E-state index in [4.69, 9.17) is 4.74 Å². The predicted octanol–water partition coefficient (Wildman–Crippen LogP) is 2.18. The van der Waals surface area contributed by atoms with Crippen LogP contribution in [0.5, 0.6) is 5.75 Å². The van der Waals surface area contributed by atoms with Gasteiger partial charge in [0, 0.05) is 12.1 Å². The molecule has 0 saturated heterocycles. The highest BCUT2D eigenvalue weighted by Gasteiger charge is 2.13. The summed E-state index contributed by atoms with van der Waals surface area (Å²) in [6, 6.07) is 13.8.